The Bertz CT molecular complexity index is 1010. The molecule has 0 radical (unpaired) electrons. The Morgan fingerprint density at radius 2 is 1.30 bits per heavy atom. The van der Waals surface area contributed by atoms with E-state index in [1.165, 1.54) is 0 Å². The second-order valence-electron chi connectivity index (χ2n) is 10.8. The summed E-state index contributed by atoms with van der Waals surface area (Å²) in [6.07, 6.45) is 8.37. The van der Waals surface area contributed by atoms with E-state index in [2.05, 4.69) is 6.92 Å². The number of allylic oxidation sites excluding steroid dienone is 8. The van der Waals surface area contributed by atoms with E-state index in [4.69, 9.17) is 4.74 Å². The Morgan fingerprint density at radius 1 is 0.703 bits per heavy atom. The summed E-state index contributed by atoms with van der Waals surface area (Å²) in [5.41, 5.74) is 2.79. The van der Waals surface area contributed by atoms with E-state index < -0.39 is 24.7 Å². The summed E-state index contributed by atoms with van der Waals surface area (Å²) in [5, 5.41) is 0. The lowest BCUT2D eigenvalue weighted by molar-refractivity contribution is 0.119. The van der Waals surface area contributed by atoms with Crippen LogP contribution >= 0.6 is 0 Å². The molecule has 0 heterocycles. The van der Waals surface area contributed by atoms with Gasteiger partial charge in [0.05, 0.1) is 0 Å². The van der Waals surface area contributed by atoms with E-state index in [0.29, 0.717) is 45.8 Å². The van der Waals surface area contributed by atoms with Gasteiger partial charge in [0, 0.05) is 13.7 Å². The quantitative estimate of drug-likeness (QED) is 0.223. The zero-order valence-corrected chi connectivity index (χ0v) is 22.1. The van der Waals surface area contributed by atoms with Crippen molar-refractivity contribution in [2.24, 2.45) is 11.8 Å². The van der Waals surface area contributed by atoms with Crippen LogP contribution in [0.15, 0.2) is 59.7 Å². The van der Waals surface area contributed by atoms with Crippen LogP contribution in [0.4, 0.5) is 17.6 Å². The Kier molecular flexibility index (Phi) is 9.86. The molecule has 0 saturated heterocycles. The van der Waals surface area contributed by atoms with Gasteiger partial charge in [-0.3, -0.25) is 0 Å². The molecule has 1 fully saturated rings. The Hall–Kier alpha value is -2.14. The van der Waals surface area contributed by atoms with Crippen LogP contribution < -0.4 is 0 Å². The molecule has 1 aromatic carbocycles. The van der Waals surface area contributed by atoms with Crippen LogP contribution in [-0.2, 0) is 4.74 Å². The highest BCUT2D eigenvalue weighted by atomic mass is 19.2. The van der Waals surface area contributed by atoms with Crippen molar-refractivity contribution < 1.29 is 22.3 Å². The summed E-state index contributed by atoms with van der Waals surface area (Å²) in [6.45, 7) is 2.84. The molecule has 0 spiro atoms. The van der Waals surface area contributed by atoms with Gasteiger partial charge < -0.3 is 4.74 Å². The molecule has 0 aromatic heterocycles. The lowest BCUT2D eigenvalue weighted by Gasteiger charge is -2.33. The van der Waals surface area contributed by atoms with Crippen LogP contribution in [0.25, 0.3) is 11.1 Å². The van der Waals surface area contributed by atoms with Gasteiger partial charge in [0.15, 0.2) is 24.7 Å². The smallest absolute Gasteiger partial charge is 0.161 e. The zero-order valence-electron chi connectivity index (χ0n) is 22.1. The monoisotopic (exact) mass is 516 g/mol. The van der Waals surface area contributed by atoms with Gasteiger partial charge in [-0.15, -0.1) is 0 Å². The summed E-state index contributed by atoms with van der Waals surface area (Å²) in [6, 6.07) is 6.72. The molecular formula is C32H40F4O. The predicted molar refractivity (Wildman–Crippen MR) is 144 cm³/mol. The number of benzene rings is 1. The third-order valence-corrected chi connectivity index (χ3v) is 8.30. The van der Waals surface area contributed by atoms with Crippen molar-refractivity contribution in [1.82, 2.24) is 0 Å². The molecule has 1 aromatic rings. The number of unbranched alkanes of at least 4 members (excludes halogenated alkanes) is 3. The molecule has 37 heavy (non-hydrogen) atoms. The van der Waals surface area contributed by atoms with Crippen molar-refractivity contribution in [2.75, 3.05) is 13.7 Å². The summed E-state index contributed by atoms with van der Waals surface area (Å²) in [5.74, 6) is 0.567. The van der Waals surface area contributed by atoms with E-state index in [1.807, 2.05) is 0 Å². The highest BCUT2D eigenvalue weighted by molar-refractivity contribution is 5.77. The first-order chi connectivity index (χ1) is 17.9. The molecule has 0 amide bonds. The normalized spacial score (nSPS) is 30.3. The van der Waals surface area contributed by atoms with Crippen molar-refractivity contribution in [1.29, 1.82) is 0 Å². The maximum atomic E-state index is 15.3. The summed E-state index contributed by atoms with van der Waals surface area (Å²) in [7, 11) is 1.70. The van der Waals surface area contributed by atoms with Gasteiger partial charge in [-0.25, -0.2) is 17.6 Å². The van der Waals surface area contributed by atoms with Gasteiger partial charge in [-0.1, -0.05) is 74.8 Å². The highest BCUT2D eigenvalue weighted by Gasteiger charge is 2.36. The fraction of sp³-hybridized carbons (Fsp3) is 0.562. The van der Waals surface area contributed by atoms with E-state index >= 15 is 8.78 Å². The molecule has 1 nitrogen and oxygen atoms in total. The van der Waals surface area contributed by atoms with Crippen LogP contribution in [0, 0.1) is 11.8 Å². The second kappa shape index (κ2) is 13.1. The molecule has 4 unspecified atom stereocenters. The molecule has 202 valence electrons. The van der Waals surface area contributed by atoms with Crippen molar-refractivity contribution in [3.8, 4) is 0 Å². The van der Waals surface area contributed by atoms with Crippen molar-refractivity contribution in [3.05, 3.63) is 70.8 Å². The van der Waals surface area contributed by atoms with Crippen molar-refractivity contribution in [3.63, 3.8) is 0 Å². The van der Waals surface area contributed by atoms with E-state index in [0.717, 1.165) is 58.0 Å². The van der Waals surface area contributed by atoms with E-state index in [-0.39, 0.29) is 5.92 Å². The van der Waals surface area contributed by atoms with Crippen LogP contribution in [0.3, 0.4) is 0 Å². The van der Waals surface area contributed by atoms with Gasteiger partial charge >= 0.3 is 0 Å². The molecule has 0 N–H and O–H groups in total. The van der Waals surface area contributed by atoms with Gasteiger partial charge in [-0.05, 0) is 83.8 Å². The maximum absolute atomic E-state index is 15.3. The maximum Gasteiger partial charge on any atom is 0.161 e. The minimum absolute atomic E-state index is 0.0690. The van der Waals surface area contributed by atoms with Crippen LogP contribution in [0.1, 0.15) is 75.8 Å². The third-order valence-electron chi connectivity index (χ3n) is 8.30. The Balaban J connectivity index is 1.45. The molecule has 4 atom stereocenters. The molecule has 0 bridgehead atoms. The topological polar surface area (TPSA) is 9.23 Å². The molecule has 1 saturated carbocycles. The number of halogens is 4. The van der Waals surface area contributed by atoms with E-state index in [9.17, 15) is 8.78 Å². The minimum Gasteiger partial charge on any atom is -0.384 e. The average Bonchev–Trinajstić information content (AvgIpc) is 2.91. The van der Waals surface area contributed by atoms with Crippen LogP contribution in [-0.4, -0.2) is 38.4 Å². The lowest BCUT2D eigenvalue weighted by atomic mass is 9.75. The third kappa shape index (κ3) is 6.47. The van der Waals surface area contributed by atoms with Gasteiger partial charge in [0.25, 0.3) is 0 Å². The fourth-order valence-corrected chi connectivity index (χ4v) is 6.03. The largest absolute Gasteiger partial charge is 0.384 e. The molecule has 4 rings (SSSR count). The predicted octanol–water partition coefficient (Wildman–Crippen LogP) is 9.11. The molecule has 3 aliphatic rings. The molecule has 5 heteroatoms. The van der Waals surface area contributed by atoms with Crippen LogP contribution in [0.5, 0.6) is 0 Å². The number of methoxy groups -OCH3 is 1. The van der Waals surface area contributed by atoms with Crippen molar-refractivity contribution >= 4 is 11.1 Å². The molecule has 3 aliphatic carbocycles. The lowest BCUT2D eigenvalue weighted by Crippen LogP contribution is -2.30. The first-order valence-electron chi connectivity index (χ1n) is 13.9. The number of ether oxygens (including phenoxy) is 1. The molecular weight excluding hydrogens is 476 g/mol. The van der Waals surface area contributed by atoms with Crippen molar-refractivity contribution in [2.45, 2.75) is 89.4 Å². The standard InChI is InChI=1S/C32H40F4O/c1-3-4-5-6-7-25-16-17-26(30(34)29(25)33)23-12-14-24(15-13-23)28-19-18-27(31(35)32(28)36)22-10-8-21(9-11-22)20-37-2/h12-19,21-22,29-32H,3-11,20H2,1-2H3. The Labute approximate surface area is 219 Å². The van der Waals surface area contributed by atoms with Gasteiger partial charge in [0.2, 0.25) is 0 Å². The number of hydrogen-bond acceptors (Lipinski definition) is 1. The summed E-state index contributed by atoms with van der Waals surface area (Å²) < 4.78 is 65.5. The van der Waals surface area contributed by atoms with Gasteiger partial charge in [-0.2, -0.15) is 0 Å². The zero-order chi connectivity index (χ0) is 26.4. The first-order valence-corrected chi connectivity index (χ1v) is 13.9. The summed E-state index contributed by atoms with van der Waals surface area (Å²) >= 11 is 0. The summed E-state index contributed by atoms with van der Waals surface area (Å²) in [4.78, 5) is 0. The minimum atomic E-state index is -1.74. The fourth-order valence-electron chi connectivity index (χ4n) is 6.03. The van der Waals surface area contributed by atoms with Crippen LogP contribution in [0.2, 0.25) is 0 Å². The average molecular weight is 517 g/mol. The number of rotatable bonds is 10. The number of hydrogen-bond donors (Lipinski definition) is 0. The molecule has 0 aliphatic heterocycles. The Morgan fingerprint density at radius 3 is 1.89 bits per heavy atom. The van der Waals surface area contributed by atoms with Gasteiger partial charge in [0.1, 0.15) is 0 Å². The number of alkyl halides is 4. The SMILES string of the molecule is CCCCCCC1=CC=C(c2ccc(C3=CC=C(C4CCC(COC)CC4)C(F)C3F)cc2)C(F)C1F. The highest BCUT2D eigenvalue weighted by Crippen LogP contribution is 2.41. The van der Waals surface area contributed by atoms with E-state index in [1.54, 1.807) is 55.7 Å². The first kappa shape index (κ1) is 27.9. The second-order valence-corrected chi connectivity index (χ2v) is 10.8.